The molecule has 1 aliphatic heterocycles. The Morgan fingerprint density at radius 2 is 1.96 bits per heavy atom. The van der Waals surface area contributed by atoms with Gasteiger partial charge in [0.25, 0.3) is 0 Å². The summed E-state index contributed by atoms with van der Waals surface area (Å²) in [5.41, 5.74) is 1.74. The summed E-state index contributed by atoms with van der Waals surface area (Å²) in [5.74, 6) is 0.825. The van der Waals surface area contributed by atoms with Crippen molar-refractivity contribution in [3.8, 4) is 11.5 Å². The van der Waals surface area contributed by atoms with E-state index in [0.29, 0.717) is 31.2 Å². The standard InChI is InChI=1S/C21H24N2O4/c1-3-27-18-10-9-15(11-19(18)26-2)13-22-21(25)16-12-20(24)23(14-16)17-7-5-4-6-8-17/h4-11,16H,3,12-14H2,1-2H3,(H,22,25). The van der Waals surface area contributed by atoms with E-state index in [2.05, 4.69) is 5.32 Å². The number of methoxy groups -OCH3 is 1. The van der Waals surface area contributed by atoms with Crippen molar-refractivity contribution in [2.24, 2.45) is 5.92 Å². The maximum absolute atomic E-state index is 12.5. The molecule has 2 aromatic rings. The zero-order valence-electron chi connectivity index (χ0n) is 15.6. The highest BCUT2D eigenvalue weighted by Gasteiger charge is 2.34. The minimum Gasteiger partial charge on any atom is -0.493 e. The van der Waals surface area contributed by atoms with Crippen LogP contribution in [0.1, 0.15) is 18.9 Å². The van der Waals surface area contributed by atoms with E-state index in [1.54, 1.807) is 12.0 Å². The molecule has 2 amide bonds. The topological polar surface area (TPSA) is 67.9 Å². The first-order chi connectivity index (χ1) is 13.1. The molecule has 0 aromatic heterocycles. The number of hydrogen-bond acceptors (Lipinski definition) is 4. The zero-order chi connectivity index (χ0) is 19.2. The van der Waals surface area contributed by atoms with Crippen molar-refractivity contribution >= 4 is 17.5 Å². The van der Waals surface area contributed by atoms with Crippen molar-refractivity contribution in [2.75, 3.05) is 25.2 Å². The Balaban J connectivity index is 1.59. The molecule has 6 heteroatoms. The Hall–Kier alpha value is -3.02. The third-order valence-electron chi connectivity index (χ3n) is 4.56. The first-order valence-electron chi connectivity index (χ1n) is 9.05. The number of anilines is 1. The van der Waals surface area contributed by atoms with Crippen LogP contribution in [0.5, 0.6) is 11.5 Å². The van der Waals surface area contributed by atoms with Crippen LogP contribution in [0.2, 0.25) is 0 Å². The normalized spacial score (nSPS) is 16.3. The van der Waals surface area contributed by atoms with E-state index in [1.165, 1.54) is 0 Å². The van der Waals surface area contributed by atoms with Gasteiger partial charge in [-0.05, 0) is 36.8 Å². The molecule has 3 rings (SSSR count). The predicted octanol–water partition coefficient (Wildman–Crippen LogP) is 2.76. The zero-order valence-corrected chi connectivity index (χ0v) is 15.6. The largest absolute Gasteiger partial charge is 0.493 e. The second-order valence-corrected chi connectivity index (χ2v) is 6.38. The van der Waals surface area contributed by atoms with Gasteiger partial charge in [0.15, 0.2) is 11.5 Å². The molecular formula is C21H24N2O4. The van der Waals surface area contributed by atoms with Gasteiger partial charge in [-0.15, -0.1) is 0 Å². The van der Waals surface area contributed by atoms with E-state index < -0.39 is 0 Å². The lowest BCUT2D eigenvalue weighted by molar-refractivity contribution is -0.126. The molecule has 1 heterocycles. The van der Waals surface area contributed by atoms with Gasteiger partial charge in [0, 0.05) is 25.2 Å². The Bertz CT molecular complexity index is 807. The smallest absolute Gasteiger partial charge is 0.227 e. The number of amides is 2. The molecule has 2 aromatic carbocycles. The van der Waals surface area contributed by atoms with E-state index in [0.717, 1.165) is 11.3 Å². The van der Waals surface area contributed by atoms with Crippen LogP contribution in [-0.2, 0) is 16.1 Å². The highest BCUT2D eigenvalue weighted by Crippen LogP contribution is 2.28. The van der Waals surface area contributed by atoms with Crippen molar-refractivity contribution in [3.63, 3.8) is 0 Å². The number of para-hydroxylation sites is 1. The highest BCUT2D eigenvalue weighted by molar-refractivity contribution is 6.00. The van der Waals surface area contributed by atoms with Crippen molar-refractivity contribution in [1.29, 1.82) is 0 Å². The summed E-state index contributed by atoms with van der Waals surface area (Å²) in [4.78, 5) is 26.5. The number of benzene rings is 2. The summed E-state index contributed by atoms with van der Waals surface area (Å²) in [7, 11) is 1.59. The molecular weight excluding hydrogens is 344 g/mol. The first kappa shape index (κ1) is 18.8. The van der Waals surface area contributed by atoms with E-state index in [1.807, 2.05) is 55.5 Å². The van der Waals surface area contributed by atoms with Crippen molar-refractivity contribution in [2.45, 2.75) is 19.9 Å². The Morgan fingerprint density at radius 3 is 2.67 bits per heavy atom. The van der Waals surface area contributed by atoms with Gasteiger partial charge in [-0.1, -0.05) is 24.3 Å². The van der Waals surface area contributed by atoms with Crippen LogP contribution in [0.4, 0.5) is 5.69 Å². The molecule has 0 radical (unpaired) electrons. The molecule has 1 aliphatic rings. The number of ether oxygens (including phenoxy) is 2. The molecule has 0 spiro atoms. The lowest BCUT2D eigenvalue weighted by Crippen LogP contribution is -2.32. The molecule has 1 N–H and O–H groups in total. The van der Waals surface area contributed by atoms with Gasteiger partial charge in [-0.3, -0.25) is 9.59 Å². The van der Waals surface area contributed by atoms with Crippen LogP contribution in [-0.4, -0.2) is 32.1 Å². The molecule has 1 saturated heterocycles. The molecule has 1 fully saturated rings. The van der Waals surface area contributed by atoms with Crippen LogP contribution in [0.25, 0.3) is 0 Å². The van der Waals surface area contributed by atoms with Gasteiger partial charge >= 0.3 is 0 Å². The van der Waals surface area contributed by atoms with E-state index >= 15 is 0 Å². The Morgan fingerprint density at radius 1 is 1.19 bits per heavy atom. The van der Waals surface area contributed by atoms with Gasteiger partial charge in [0.05, 0.1) is 19.6 Å². The minimum atomic E-state index is -0.345. The summed E-state index contributed by atoms with van der Waals surface area (Å²) in [5, 5.41) is 2.92. The molecule has 6 nitrogen and oxygen atoms in total. The molecule has 0 bridgehead atoms. The van der Waals surface area contributed by atoms with Gasteiger partial charge in [0.2, 0.25) is 11.8 Å². The van der Waals surface area contributed by atoms with E-state index in [4.69, 9.17) is 9.47 Å². The molecule has 0 aliphatic carbocycles. The number of carbonyl (C=O) groups excluding carboxylic acids is 2. The molecule has 1 atom stereocenters. The molecule has 1 unspecified atom stereocenters. The minimum absolute atomic E-state index is 0.0240. The monoisotopic (exact) mass is 368 g/mol. The van der Waals surface area contributed by atoms with Gasteiger partial charge < -0.3 is 19.7 Å². The van der Waals surface area contributed by atoms with Crippen LogP contribution in [0, 0.1) is 5.92 Å². The summed E-state index contributed by atoms with van der Waals surface area (Å²) >= 11 is 0. The fourth-order valence-corrected chi connectivity index (χ4v) is 3.17. The van der Waals surface area contributed by atoms with Crippen molar-refractivity contribution in [3.05, 3.63) is 54.1 Å². The fourth-order valence-electron chi connectivity index (χ4n) is 3.17. The van der Waals surface area contributed by atoms with Crippen molar-refractivity contribution < 1.29 is 19.1 Å². The van der Waals surface area contributed by atoms with E-state index in [9.17, 15) is 9.59 Å². The second kappa shape index (κ2) is 8.58. The predicted molar refractivity (Wildman–Crippen MR) is 103 cm³/mol. The summed E-state index contributed by atoms with van der Waals surface area (Å²) in [6.45, 7) is 3.24. The summed E-state index contributed by atoms with van der Waals surface area (Å²) in [6.07, 6.45) is 0.229. The lowest BCUT2D eigenvalue weighted by atomic mass is 10.1. The number of nitrogens with zero attached hydrogens (tertiary/aromatic N) is 1. The van der Waals surface area contributed by atoms with Crippen LogP contribution < -0.4 is 19.7 Å². The van der Waals surface area contributed by atoms with Crippen LogP contribution >= 0.6 is 0 Å². The van der Waals surface area contributed by atoms with Gasteiger partial charge in [0.1, 0.15) is 0 Å². The number of carbonyl (C=O) groups is 2. The maximum atomic E-state index is 12.5. The van der Waals surface area contributed by atoms with Crippen molar-refractivity contribution in [1.82, 2.24) is 5.32 Å². The highest BCUT2D eigenvalue weighted by atomic mass is 16.5. The first-order valence-corrected chi connectivity index (χ1v) is 9.05. The lowest BCUT2D eigenvalue weighted by Gasteiger charge is -2.16. The molecule has 27 heavy (non-hydrogen) atoms. The Labute approximate surface area is 159 Å². The molecule has 0 saturated carbocycles. The molecule has 142 valence electrons. The number of rotatable bonds is 7. The summed E-state index contributed by atoms with van der Waals surface area (Å²) < 4.78 is 10.8. The van der Waals surface area contributed by atoms with Crippen LogP contribution in [0.15, 0.2) is 48.5 Å². The Kier molecular flexibility index (Phi) is 5.96. The quantitative estimate of drug-likeness (QED) is 0.816. The maximum Gasteiger partial charge on any atom is 0.227 e. The second-order valence-electron chi connectivity index (χ2n) is 6.38. The SMILES string of the molecule is CCOc1ccc(CNC(=O)C2CC(=O)N(c3ccccc3)C2)cc1OC. The van der Waals surface area contributed by atoms with Gasteiger partial charge in [-0.25, -0.2) is 0 Å². The third kappa shape index (κ3) is 4.39. The third-order valence-corrected chi connectivity index (χ3v) is 4.56. The van der Waals surface area contributed by atoms with Crippen LogP contribution in [0.3, 0.4) is 0 Å². The average molecular weight is 368 g/mol. The fraction of sp³-hybridized carbons (Fsp3) is 0.333. The van der Waals surface area contributed by atoms with E-state index in [-0.39, 0.29) is 24.2 Å². The van der Waals surface area contributed by atoms with Gasteiger partial charge in [-0.2, -0.15) is 0 Å². The average Bonchev–Trinajstić information content (AvgIpc) is 3.09. The summed E-state index contributed by atoms with van der Waals surface area (Å²) in [6, 6.07) is 15.0. The number of hydrogen-bond donors (Lipinski definition) is 1. The number of nitrogens with one attached hydrogen (secondary N) is 1.